The third kappa shape index (κ3) is 5.83. The number of aldehydes is 1. The van der Waals surface area contributed by atoms with Gasteiger partial charge in [-0.3, -0.25) is 15.0 Å². The van der Waals surface area contributed by atoms with Crippen LogP contribution in [0.5, 0.6) is 0 Å². The van der Waals surface area contributed by atoms with Gasteiger partial charge >= 0.3 is 6.03 Å². The van der Waals surface area contributed by atoms with Gasteiger partial charge in [0.15, 0.2) is 0 Å². The molecule has 19 heavy (non-hydrogen) atoms. The molecule has 3 amide bonds. The lowest BCUT2D eigenvalue weighted by molar-refractivity contribution is -0.123. The van der Waals surface area contributed by atoms with Crippen molar-refractivity contribution in [2.45, 2.75) is 45.1 Å². The SMILES string of the molecule is CCCCNC(=O)NC(=O)CN1CCCCC1C=O. The smallest absolute Gasteiger partial charge is 0.321 e. The van der Waals surface area contributed by atoms with E-state index in [1.165, 1.54) is 0 Å². The highest BCUT2D eigenvalue weighted by Gasteiger charge is 2.24. The average Bonchev–Trinajstić information content (AvgIpc) is 2.39. The average molecular weight is 269 g/mol. The van der Waals surface area contributed by atoms with Crippen LogP contribution in [0.15, 0.2) is 0 Å². The van der Waals surface area contributed by atoms with Crippen molar-refractivity contribution >= 4 is 18.2 Å². The second kappa shape index (κ2) is 8.63. The number of amides is 3. The van der Waals surface area contributed by atoms with Gasteiger partial charge in [-0.25, -0.2) is 4.79 Å². The van der Waals surface area contributed by atoms with E-state index in [4.69, 9.17) is 0 Å². The Morgan fingerprint density at radius 2 is 2.16 bits per heavy atom. The van der Waals surface area contributed by atoms with E-state index in [2.05, 4.69) is 10.6 Å². The predicted molar refractivity (Wildman–Crippen MR) is 71.7 cm³/mol. The van der Waals surface area contributed by atoms with Crippen molar-refractivity contribution in [1.82, 2.24) is 15.5 Å². The Bertz CT molecular complexity index is 320. The first-order valence-electron chi connectivity index (χ1n) is 6.94. The molecule has 6 nitrogen and oxygen atoms in total. The molecule has 1 atom stereocenters. The maximum Gasteiger partial charge on any atom is 0.321 e. The van der Waals surface area contributed by atoms with Crippen LogP contribution in [0.25, 0.3) is 0 Å². The first-order chi connectivity index (χ1) is 9.17. The molecule has 0 radical (unpaired) electrons. The Balaban J connectivity index is 2.29. The summed E-state index contributed by atoms with van der Waals surface area (Å²) in [6, 6.07) is -0.652. The lowest BCUT2D eigenvalue weighted by atomic mass is 10.0. The number of urea groups is 1. The van der Waals surface area contributed by atoms with Crippen LogP contribution in [-0.2, 0) is 9.59 Å². The summed E-state index contributed by atoms with van der Waals surface area (Å²) in [6.07, 6.45) is 5.55. The summed E-state index contributed by atoms with van der Waals surface area (Å²) in [5, 5.41) is 4.90. The molecule has 1 rings (SSSR count). The van der Waals surface area contributed by atoms with Crippen LogP contribution >= 0.6 is 0 Å². The van der Waals surface area contributed by atoms with Crippen molar-refractivity contribution in [3.8, 4) is 0 Å². The highest BCUT2D eigenvalue weighted by atomic mass is 16.2. The van der Waals surface area contributed by atoms with Gasteiger partial charge in [-0.05, 0) is 25.8 Å². The monoisotopic (exact) mass is 269 g/mol. The number of piperidine rings is 1. The standard InChI is InChI=1S/C13H23N3O3/c1-2-3-7-14-13(19)15-12(18)9-16-8-5-4-6-11(16)10-17/h10-11H,2-9H2,1H3,(H2,14,15,18,19). The van der Waals surface area contributed by atoms with Crippen LogP contribution in [0.2, 0.25) is 0 Å². The van der Waals surface area contributed by atoms with E-state index >= 15 is 0 Å². The van der Waals surface area contributed by atoms with Gasteiger partial charge in [-0.1, -0.05) is 19.8 Å². The zero-order valence-electron chi connectivity index (χ0n) is 11.5. The molecule has 1 saturated heterocycles. The number of likely N-dealkylation sites (tertiary alicyclic amines) is 1. The predicted octanol–water partition coefficient (Wildman–Crippen LogP) is 0.666. The Morgan fingerprint density at radius 3 is 2.84 bits per heavy atom. The Kier molecular flexibility index (Phi) is 7.10. The van der Waals surface area contributed by atoms with E-state index in [0.717, 1.165) is 44.9 Å². The molecule has 0 bridgehead atoms. The molecule has 0 aromatic rings. The maximum absolute atomic E-state index is 11.7. The summed E-state index contributed by atoms with van der Waals surface area (Å²) in [7, 11) is 0. The largest absolute Gasteiger partial charge is 0.338 e. The summed E-state index contributed by atoms with van der Waals surface area (Å²) in [5.41, 5.74) is 0. The minimum Gasteiger partial charge on any atom is -0.338 e. The topological polar surface area (TPSA) is 78.5 Å². The number of hydrogen-bond acceptors (Lipinski definition) is 4. The van der Waals surface area contributed by atoms with Crippen LogP contribution in [0.1, 0.15) is 39.0 Å². The molecule has 0 spiro atoms. The first-order valence-corrected chi connectivity index (χ1v) is 6.94. The lowest BCUT2D eigenvalue weighted by Crippen LogP contribution is -2.49. The van der Waals surface area contributed by atoms with E-state index < -0.39 is 6.03 Å². The molecule has 6 heteroatoms. The number of nitrogens with one attached hydrogen (secondary N) is 2. The van der Waals surface area contributed by atoms with Crippen LogP contribution in [0, 0.1) is 0 Å². The molecule has 0 aliphatic carbocycles. The van der Waals surface area contributed by atoms with E-state index in [-0.39, 0.29) is 18.5 Å². The molecule has 0 aromatic heterocycles. The molecule has 1 aliphatic rings. The van der Waals surface area contributed by atoms with Crippen LogP contribution < -0.4 is 10.6 Å². The van der Waals surface area contributed by atoms with Gasteiger partial charge in [0.25, 0.3) is 0 Å². The van der Waals surface area contributed by atoms with Gasteiger partial charge < -0.3 is 10.1 Å². The molecular formula is C13H23N3O3. The van der Waals surface area contributed by atoms with Crippen molar-refractivity contribution in [2.24, 2.45) is 0 Å². The normalized spacial score (nSPS) is 19.7. The van der Waals surface area contributed by atoms with Crippen LogP contribution in [0.4, 0.5) is 4.79 Å². The minimum atomic E-state index is -0.460. The number of nitrogens with zero attached hydrogens (tertiary/aromatic N) is 1. The second-order valence-corrected chi connectivity index (χ2v) is 4.83. The van der Waals surface area contributed by atoms with Crippen molar-refractivity contribution in [3.05, 3.63) is 0 Å². The van der Waals surface area contributed by atoms with E-state index in [0.29, 0.717) is 6.54 Å². The van der Waals surface area contributed by atoms with Crippen molar-refractivity contribution in [3.63, 3.8) is 0 Å². The van der Waals surface area contributed by atoms with E-state index in [9.17, 15) is 14.4 Å². The van der Waals surface area contributed by atoms with Gasteiger partial charge in [0.1, 0.15) is 6.29 Å². The number of imide groups is 1. The Labute approximate surface area is 113 Å². The fraction of sp³-hybridized carbons (Fsp3) is 0.769. The maximum atomic E-state index is 11.7. The van der Waals surface area contributed by atoms with Gasteiger partial charge in [0.2, 0.25) is 5.91 Å². The summed E-state index contributed by atoms with van der Waals surface area (Å²) >= 11 is 0. The summed E-state index contributed by atoms with van der Waals surface area (Å²) in [4.78, 5) is 35.8. The fourth-order valence-corrected chi connectivity index (χ4v) is 2.14. The molecular weight excluding hydrogens is 246 g/mol. The quantitative estimate of drug-likeness (QED) is 0.548. The molecule has 2 N–H and O–H groups in total. The molecule has 0 saturated carbocycles. The Hall–Kier alpha value is -1.43. The van der Waals surface area contributed by atoms with Gasteiger partial charge in [0.05, 0.1) is 12.6 Å². The van der Waals surface area contributed by atoms with Gasteiger partial charge in [0, 0.05) is 6.54 Å². The van der Waals surface area contributed by atoms with Crippen molar-refractivity contribution in [1.29, 1.82) is 0 Å². The minimum absolute atomic E-state index is 0.102. The summed E-state index contributed by atoms with van der Waals surface area (Å²) < 4.78 is 0. The van der Waals surface area contributed by atoms with Crippen molar-refractivity contribution in [2.75, 3.05) is 19.6 Å². The third-order valence-electron chi connectivity index (χ3n) is 3.24. The molecule has 1 fully saturated rings. The molecule has 108 valence electrons. The first kappa shape index (κ1) is 15.6. The summed E-state index contributed by atoms with van der Waals surface area (Å²) in [6.45, 7) is 3.43. The zero-order valence-corrected chi connectivity index (χ0v) is 11.5. The zero-order chi connectivity index (χ0) is 14.1. The fourth-order valence-electron chi connectivity index (χ4n) is 2.14. The Morgan fingerprint density at radius 1 is 1.37 bits per heavy atom. The van der Waals surface area contributed by atoms with E-state index in [1.54, 1.807) is 0 Å². The second-order valence-electron chi connectivity index (χ2n) is 4.83. The number of carbonyl (C=O) groups excluding carboxylic acids is 3. The number of rotatable bonds is 6. The number of unbranched alkanes of at least 4 members (excludes halogenated alkanes) is 1. The van der Waals surface area contributed by atoms with E-state index in [1.807, 2.05) is 11.8 Å². The molecule has 1 heterocycles. The lowest BCUT2D eigenvalue weighted by Gasteiger charge is -2.31. The van der Waals surface area contributed by atoms with Crippen LogP contribution in [0.3, 0.4) is 0 Å². The van der Waals surface area contributed by atoms with Crippen LogP contribution in [-0.4, -0.2) is 48.8 Å². The highest BCUT2D eigenvalue weighted by Crippen LogP contribution is 2.14. The molecule has 1 aliphatic heterocycles. The molecule has 0 aromatic carbocycles. The summed E-state index contributed by atoms with van der Waals surface area (Å²) in [5.74, 6) is -0.359. The number of hydrogen-bond donors (Lipinski definition) is 2. The highest BCUT2D eigenvalue weighted by molar-refractivity contribution is 5.95. The van der Waals surface area contributed by atoms with Crippen molar-refractivity contribution < 1.29 is 14.4 Å². The van der Waals surface area contributed by atoms with Gasteiger partial charge in [-0.2, -0.15) is 0 Å². The third-order valence-corrected chi connectivity index (χ3v) is 3.24. The molecule has 1 unspecified atom stereocenters. The van der Waals surface area contributed by atoms with Gasteiger partial charge in [-0.15, -0.1) is 0 Å². The number of carbonyl (C=O) groups is 3.